The lowest BCUT2D eigenvalue weighted by Crippen LogP contribution is -2.33. The fraction of sp³-hybridized carbons (Fsp3) is 0.385. The van der Waals surface area contributed by atoms with Gasteiger partial charge in [-0.25, -0.2) is 0 Å². The van der Waals surface area contributed by atoms with Crippen LogP contribution in [0.3, 0.4) is 0 Å². The largest absolute Gasteiger partial charge is 0.489 e. The molecule has 1 fully saturated rings. The fourth-order valence-corrected chi connectivity index (χ4v) is 4.76. The zero-order valence-electron chi connectivity index (χ0n) is 19.4. The number of nitrogens with one attached hydrogen (secondary N) is 3. The number of hydrogen-bond acceptors (Lipinski definition) is 5. The second-order valence-electron chi connectivity index (χ2n) is 8.98. The summed E-state index contributed by atoms with van der Waals surface area (Å²) in [5, 5.41) is 7.16. The van der Waals surface area contributed by atoms with Crippen molar-refractivity contribution in [2.24, 2.45) is 0 Å². The van der Waals surface area contributed by atoms with Crippen LogP contribution in [-0.2, 0) is 4.74 Å². The number of benzene rings is 1. The first kappa shape index (κ1) is 22.7. The van der Waals surface area contributed by atoms with Crippen molar-refractivity contribution < 1.29 is 14.3 Å². The number of carbonyl (C=O) groups excluding carboxylic acids is 1. The molecule has 1 amide bonds. The maximum atomic E-state index is 13.0. The van der Waals surface area contributed by atoms with E-state index in [1.165, 1.54) is 0 Å². The molecule has 0 unspecified atom stereocenters. The summed E-state index contributed by atoms with van der Waals surface area (Å²) in [6.45, 7) is 5.87. The number of aromatic amines is 1. The molecule has 34 heavy (non-hydrogen) atoms. The van der Waals surface area contributed by atoms with E-state index in [-0.39, 0.29) is 17.9 Å². The number of fused-ring (bicyclic) bond motifs is 1. The SMILES string of the molecule is Cc1c(Cl)cccc1Nc1c(-c2ccncc2OC[C@@H]2CCCCO2)[nH]c2c1C(=O)NC[C@@H]2C. The second kappa shape index (κ2) is 9.68. The minimum absolute atomic E-state index is 0.0798. The van der Waals surface area contributed by atoms with Crippen molar-refractivity contribution in [3.8, 4) is 17.0 Å². The Labute approximate surface area is 204 Å². The van der Waals surface area contributed by atoms with Crippen LogP contribution in [0.1, 0.15) is 53.7 Å². The molecule has 5 rings (SSSR count). The van der Waals surface area contributed by atoms with Crippen LogP contribution >= 0.6 is 11.6 Å². The monoisotopic (exact) mass is 480 g/mol. The summed E-state index contributed by atoms with van der Waals surface area (Å²) in [5.74, 6) is 0.684. The highest BCUT2D eigenvalue weighted by Crippen LogP contribution is 2.43. The van der Waals surface area contributed by atoms with Crippen molar-refractivity contribution in [1.29, 1.82) is 0 Å². The van der Waals surface area contributed by atoms with E-state index in [1.807, 2.05) is 31.2 Å². The zero-order valence-corrected chi connectivity index (χ0v) is 20.2. The Morgan fingerprint density at radius 1 is 1.29 bits per heavy atom. The number of hydrogen-bond donors (Lipinski definition) is 3. The predicted molar refractivity (Wildman–Crippen MR) is 133 cm³/mol. The standard InChI is InChI=1S/C26H29ClN4O3/c1-15-12-29-26(32)22-23(15)31-24(25(22)30-20-8-5-7-19(27)16(20)2)18-9-10-28-13-21(18)34-14-17-6-3-4-11-33-17/h5,7-10,13,15,17,30-31H,3-4,6,11-12,14H2,1-2H3,(H,29,32)/t15-,17-/m0/s1. The number of carbonyl (C=O) groups is 1. The molecular formula is C26H29ClN4O3. The number of amides is 1. The molecule has 0 radical (unpaired) electrons. The summed E-state index contributed by atoms with van der Waals surface area (Å²) in [7, 11) is 0. The normalized spacial score (nSPS) is 19.9. The number of anilines is 2. The lowest BCUT2D eigenvalue weighted by Gasteiger charge is -2.23. The molecule has 2 aliphatic heterocycles. The van der Waals surface area contributed by atoms with E-state index in [1.54, 1.807) is 12.4 Å². The molecule has 3 N–H and O–H groups in total. The van der Waals surface area contributed by atoms with Gasteiger partial charge in [-0.3, -0.25) is 9.78 Å². The highest BCUT2D eigenvalue weighted by atomic mass is 35.5. The molecule has 2 aliphatic rings. The molecule has 178 valence electrons. The van der Waals surface area contributed by atoms with E-state index in [0.29, 0.717) is 35.2 Å². The average molecular weight is 481 g/mol. The first-order chi connectivity index (χ1) is 16.5. The molecule has 8 heteroatoms. The van der Waals surface area contributed by atoms with Gasteiger partial charge in [0, 0.05) is 47.2 Å². The van der Waals surface area contributed by atoms with Crippen LogP contribution in [0.5, 0.6) is 5.75 Å². The Morgan fingerprint density at radius 3 is 3.00 bits per heavy atom. The van der Waals surface area contributed by atoms with Crippen LogP contribution in [0.4, 0.5) is 11.4 Å². The number of H-pyrrole nitrogens is 1. The molecule has 2 atom stereocenters. The van der Waals surface area contributed by atoms with Crippen LogP contribution in [-0.4, -0.2) is 41.7 Å². The van der Waals surface area contributed by atoms with Crippen LogP contribution in [0.2, 0.25) is 5.02 Å². The van der Waals surface area contributed by atoms with E-state index in [0.717, 1.165) is 54.1 Å². The van der Waals surface area contributed by atoms with Gasteiger partial charge in [0.05, 0.1) is 29.2 Å². The molecule has 2 aromatic heterocycles. The smallest absolute Gasteiger partial charge is 0.255 e. The van der Waals surface area contributed by atoms with Gasteiger partial charge in [0.1, 0.15) is 12.4 Å². The third-order valence-electron chi connectivity index (χ3n) is 6.60. The first-order valence-electron chi connectivity index (χ1n) is 11.8. The molecule has 0 saturated carbocycles. The topological polar surface area (TPSA) is 88.3 Å². The summed E-state index contributed by atoms with van der Waals surface area (Å²) < 4.78 is 12.0. The predicted octanol–water partition coefficient (Wildman–Crippen LogP) is 5.58. The molecule has 0 aliphatic carbocycles. The fourth-order valence-electron chi connectivity index (χ4n) is 4.59. The molecular weight excluding hydrogens is 452 g/mol. The Hall–Kier alpha value is -3.03. The van der Waals surface area contributed by atoms with Gasteiger partial charge in [0.2, 0.25) is 0 Å². The Morgan fingerprint density at radius 2 is 2.18 bits per heavy atom. The maximum absolute atomic E-state index is 13.0. The molecule has 4 heterocycles. The van der Waals surface area contributed by atoms with Gasteiger partial charge in [0.15, 0.2) is 0 Å². The van der Waals surface area contributed by atoms with Crippen molar-refractivity contribution in [2.75, 3.05) is 25.1 Å². The third kappa shape index (κ3) is 4.38. The van der Waals surface area contributed by atoms with E-state index >= 15 is 0 Å². The lowest BCUT2D eigenvalue weighted by molar-refractivity contribution is -0.0110. The first-order valence-corrected chi connectivity index (χ1v) is 12.2. The lowest BCUT2D eigenvalue weighted by atomic mass is 9.98. The van der Waals surface area contributed by atoms with Gasteiger partial charge in [-0.2, -0.15) is 0 Å². The van der Waals surface area contributed by atoms with E-state index in [2.05, 4.69) is 27.5 Å². The number of rotatable bonds is 6. The molecule has 0 bridgehead atoms. The maximum Gasteiger partial charge on any atom is 0.255 e. The number of nitrogens with zero attached hydrogens (tertiary/aromatic N) is 1. The van der Waals surface area contributed by atoms with Crippen molar-refractivity contribution in [2.45, 2.75) is 45.1 Å². The van der Waals surface area contributed by atoms with E-state index in [9.17, 15) is 4.79 Å². The highest BCUT2D eigenvalue weighted by molar-refractivity contribution is 6.31. The van der Waals surface area contributed by atoms with Gasteiger partial charge < -0.3 is 25.1 Å². The number of ether oxygens (including phenoxy) is 2. The van der Waals surface area contributed by atoms with Crippen molar-refractivity contribution in [3.63, 3.8) is 0 Å². The highest BCUT2D eigenvalue weighted by Gasteiger charge is 2.32. The van der Waals surface area contributed by atoms with E-state index < -0.39 is 0 Å². The van der Waals surface area contributed by atoms with Crippen LogP contribution < -0.4 is 15.4 Å². The number of halogens is 1. The van der Waals surface area contributed by atoms with E-state index in [4.69, 9.17) is 21.1 Å². The van der Waals surface area contributed by atoms with Gasteiger partial charge in [-0.05, 0) is 49.9 Å². The molecule has 1 saturated heterocycles. The summed E-state index contributed by atoms with van der Waals surface area (Å²) in [5.41, 5.74) is 5.60. The minimum atomic E-state index is -0.107. The molecule has 0 spiro atoms. The Balaban J connectivity index is 1.57. The van der Waals surface area contributed by atoms with Gasteiger partial charge in [0.25, 0.3) is 5.91 Å². The van der Waals surface area contributed by atoms with Crippen LogP contribution in [0.25, 0.3) is 11.3 Å². The van der Waals surface area contributed by atoms with Crippen molar-refractivity contribution in [1.82, 2.24) is 15.3 Å². The van der Waals surface area contributed by atoms with Crippen molar-refractivity contribution in [3.05, 3.63) is 58.5 Å². The Kier molecular flexibility index (Phi) is 6.48. The van der Waals surface area contributed by atoms with Gasteiger partial charge in [-0.15, -0.1) is 0 Å². The summed E-state index contributed by atoms with van der Waals surface area (Å²) in [6.07, 6.45) is 6.77. The van der Waals surface area contributed by atoms with Gasteiger partial charge >= 0.3 is 0 Å². The summed E-state index contributed by atoms with van der Waals surface area (Å²) in [4.78, 5) is 20.8. The second-order valence-corrected chi connectivity index (χ2v) is 9.39. The van der Waals surface area contributed by atoms with Gasteiger partial charge in [-0.1, -0.05) is 24.6 Å². The van der Waals surface area contributed by atoms with Crippen LogP contribution in [0, 0.1) is 6.92 Å². The third-order valence-corrected chi connectivity index (χ3v) is 7.01. The quantitative estimate of drug-likeness (QED) is 0.429. The number of aromatic nitrogens is 2. The van der Waals surface area contributed by atoms with Crippen molar-refractivity contribution >= 4 is 28.9 Å². The Bertz CT molecular complexity index is 1200. The number of pyridine rings is 1. The molecule has 7 nitrogen and oxygen atoms in total. The average Bonchev–Trinajstić information content (AvgIpc) is 3.24. The summed E-state index contributed by atoms with van der Waals surface area (Å²) >= 11 is 6.38. The zero-order chi connectivity index (χ0) is 23.7. The summed E-state index contributed by atoms with van der Waals surface area (Å²) in [6, 6.07) is 7.61. The van der Waals surface area contributed by atoms with Crippen LogP contribution in [0.15, 0.2) is 36.7 Å². The molecule has 1 aromatic carbocycles. The molecule has 3 aromatic rings. The minimum Gasteiger partial charge on any atom is -0.489 e.